The summed E-state index contributed by atoms with van der Waals surface area (Å²) in [6.45, 7) is 1.54. The summed E-state index contributed by atoms with van der Waals surface area (Å²) in [6.07, 6.45) is 2.51. The predicted octanol–water partition coefficient (Wildman–Crippen LogP) is 2.75. The molecule has 112 valence electrons. The predicted molar refractivity (Wildman–Crippen MR) is 88.7 cm³/mol. The molecule has 0 spiro atoms. The number of nitrogens with zero attached hydrogens (tertiary/aromatic N) is 1. The monoisotopic (exact) mass is 304 g/mol. The summed E-state index contributed by atoms with van der Waals surface area (Å²) in [5.41, 5.74) is 7.06. The standard InChI is InChI=1S/C17H20N2O.ClH/c18-15-8-4-10-19(12-15)17(20)11-14-7-3-6-13-5-1-2-9-16(13)14;/h1-3,5-7,9,15H,4,8,10-12,18H2;1H. The van der Waals surface area contributed by atoms with Crippen molar-refractivity contribution >= 4 is 29.1 Å². The van der Waals surface area contributed by atoms with E-state index in [0.29, 0.717) is 13.0 Å². The van der Waals surface area contributed by atoms with Gasteiger partial charge in [-0.25, -0.2) is 0 Å². The third-order valence-electron chi connectivity index (χ3n) is 4.03. The summed E-state index contributed by atoms with van der Waals surface area (Å²) in [4.78, 5) is 14.3. The lowest BCUT2D eigenvalue weighted by Crippen LogP contribution is -2.46. The Morgan fingerprint density at radius 3 is 2.76 bits per heavy atom. The zero-order valence-corrected chi connectivity index (χ0v) is 12.8. The second-order valence-corrected chi connectivity index (χ2v) is 5.56. The van der Waals surface area contributed by atoms with E-state index in [4.69, 9.17) is 5.73 Å². The van der Waals surface area contributed by atoms with Crippen molar-refractivity contribution in [2.75, 3.05) is 13.1 Å². The van der Waals surface area contributed by atoms with Crippen LogP contribution < -0.4 is 5.73 Å². The molecule has 2 aromatic rings. The van der Waals surface area contributed by atoms with Crippen molar-refractivity contribution in [1.29, 1.82) is 0 Å². The Labute approximate surface area is 131 Å². The number of amides is 1. The van der Waals surface area contributed by atoms with Crippen LogP contribution in [0, 0.1) is 0 Å². The van der Waals surface area contributed by atoms with E-state index in [0.717, 1.165) is 24.9 Å². The van der Waals surface area contributed by atoms with E-state index in [2.05, 4.69) is 18.2 Å². The average Bonchev–Trinajstić information content (AvgIpc) is 2.47. The minimum Gasteiger partial charge on any atom is -0.341 e. The lowest BCUT2D eigenvalue weighted by atomic mass is 10.0. The number of fused-ring (bicyclic) bond motifs is 1. The summed E-state index contributed by atoms with van der Waals surface area (Å²) in [7, 11) is 0. The largest absolute Gasteiger partial charge is 0.341 e. The highest BCUT2D eigenvalue weighted by molar-refractivity contribution is 5.90. The van der Waals surface area contributed by atoms with E-state index >= 15 is 0 Å². The highest BCUT2D eigenvalue weighted by Gasteiger charge is 2.21. The quantitative estimate of drug-likeness (QED) is 0.927. The van der Waals surface area contributed by atoms with Crippen molar-refractivity contribution < 1.29 is 4.79 Å². The van der Waals surface area contributed by atoms with Crippen LogP contribution in [0.5, 0.6) is 0 Å². The van der Waals surface area contributed by atoms with E-state index in [9.17, 15) is 4.79 Å². The Morgan fingerprint density at radius 1 is 1.19 bits per heavy atom. The van der Waals surface area contributed by atoms with Crippen molar-refractivity contribution in [3.8, 4) is 0 Å². The van der Waals surface area contributed by atoms with Crippen molar-refractivity contribution in [3.05, 3.63) is 48.0 Å². The van der Waals surface area contributed by atoms with Crippen molar-refractivity contribution in [3.63, 3.8) is 0 Å². The summed E-state index contributed by atoms with van der Waals surface area (Å²) in [5, 5.41) is 2.36. The molecule has 1 amide bonds. The first-order valence-corrected chi connectivity index (χ1v) is 7.24. The van der Waals surface area contributed by atoms with Crippen LogP contribution in [0.1, 0.15) is 18.4 Å². The fourth-order valence-corrected chi connectivity index (χ4v) is 2.96. The summed E-state index contributed by atoms with van der Waals surface area (Å²) < 4.78 is 0. The molecule has 1 fully saturated rings. The molecule has 1 unspecified atom stereocenters. The number of hydrogen-bond donors (Lipinski definition) is 1. The molecule has 1 aliphatic rings. The second-order valence-electron chi connectivity index (χ2n) is 5.56. The van der Waals surface area contributed by atoms with Gasteiger partial charge in [-0.05, 0) is 29.2 Å². The number of carbonyl (C=O) groups is 1. The molecule has 2 N–H and O–H groups in total. The Hall–Kier alpha value is -1.58. The topological polar surface area (TPSA) is 46.3 Å². The number of likely N-dealkylation sites (tertiary alicyclic amines) is 1. The fourth-order valence-electron chi connectivity index (χ4n) is 2.96. The maximum Gasteiger partial charge on any atom is 0.227 e. The van der Waals surface area contributed by atoms with Gasteiger partial charge in [0.05, 0.1) is 6.42 Å². The van der Waals surface area contributed by atoms with Gasteiger partial charge in [0.25, 0.3) is 0 Å². The number of nitrogens with two attached hydrogens (primary N) is 1. The van der Waals surface area contributed by atoms with Crippen LogP contribution >= 0.6 is 12.4 Å². The molecule has 3 nitrogen and oxygen atoms in total. The lowest BCUT2D eigenvalue weighted by molar-refractivity contribution is -0.131. The zero-order valence-electron chi connectivity index (χ0n) is 12.0. The van der Waals surface area contributed by atoms with E-state index in [1.165, 1.54) is 10.8 Å². The number of halogens is 1. The van der Waals surface area contributed by atoms with Crippen molar-refractivity contribution in [1.82, 2.24) is 4.90 Å². The molecule has 1 aliphatic heterocycles. The average molecular weight is 305 g/mol. The van der Waals surface area contributed by atoms with Crippen molar-refractivity contribution in [2.24, 2.45) is 5.73 Å². The number of piperidine rings is 1. The van der Waals surface area contributed by atoms with Crippen LogP contribution in [0.3, 0.4) is 0 Å². The highest BCUT2D eigenvalue weighted by atomic mass is 35.5. The van der Waals surface area contributed by atoms with Gasteiger partial charge in [0, 0.05) is 19.1 Å². The molecule has 3 rings (SSSR count). The number of hydrogen-bond acceptors (Lipinski definition) is 2. The minimum atomic E-state index is 0. The van der Waals surface area contributed by atoms with Crippen LogP contribution in [0.25, 0.3) is 10.8 Å². The molecule has 0 radical (unpaired) electrons. The highest BCUT2D eigenvalue weighted by Crippen LogP contribution is 2.20. The van der Waals surface area contributed by atoms with E-state index in [-0.39, 0.29) is 24.4 Å². The third-order valence-corrected chi connectivity index (χ3v) is 4.03. The van der Waals surface area contributed by atoms with Gasteiger partial charge in [0.1, 0.15) is 0 Å². The van der Waals surface area contributed by atoms with E-state index in [1.54, 1.807) is 0 Å². The van der Waals surface area contributed by atoms with Gasteiger partial charge in [-0.15, -0.1) is 12.4 Å². The van der Waals surface area contributed by atoms with Crippen molar-refractivity contribution in [2.45, 2.75) is 25.3 Å². The second kappa shape index (κ2) is 6.92. The molecule has 1 heterocycles. The molecule has 0 saturated carbocycles. The SMILES string of the molecule is Cl.NC1CCCN(C(=O)Cc2cccc3ccccc23)C1. The normalized spacial score (nSPS) is 18.3. The van der Waals surface area contributed by atoms with Crippen LogP contribution in [-0.4, -0.2) is 29.9 Å². The van der Waals surface area contributed by atoms with Gasteiger partial charge in [-0.3, -0.25) is 4.79 Å². The Morgan fingerprint density at radius 2 is 1.95 bits per heavy atom. The molecular weight excluding hydrogens is 284 g/mol. The van der Waals surface area contributed by atoms with Crippen LogP contribution in [0.4, 0.5) is 0 Å². The molecular formula is C17H21ClN2O. The Kier molecular flexibility index (Phi) is 5.21. The van der Waals surface area contributed by atoms with Gasteiger partial charge in [-0.1, -0.05) is 42.5 Å². The first kappa shape index (κ1) is 15.8. The first-order valence-electron chi connectivity index (χ1n) is 7.24. The Bertz CT molecular complexity index is 624. The molecule has 21 heavy (non-hydrogen) atoms. The molecule has 1 saturated heterocycles. The smallest absolute Gasteiger partial charge is 0.227 e. The minimum absolute atomic E-state index is 0. The maximum absolute atomic E-state index is 12.4. The lowest BCUT2D eigenvalue weighted by Gasteiger charge is -2.31. The van der Waals surface area contributed by atoms with Crippen LogP contribution in [-0.2, 0) is 11.2 Å². The maximum atomic E-state index is 12.4. The third kappa shape index (κ3) is 3.55. The van der Waals surface area contributed by atoms with Gasteiger partial charge in [-0.2, -0.15) is 0 Å². The summed E-state index contributed by atoms with van der Waals surface area (Å²) in [5.74, 6) is 0.191. The van der Waals surface area contributed by atoms with Gasteiger partial charge in [0.15, 0.2) is 0 Å². The van der Waals surface area contributed by atoms with Gasteiger partial charge >= 0.3 is 0 Å². The van der Waals surface area contributed by atoms with Crippen LogP contribution in [0.15, 0.2) is 42.5 Å². The van der Waals surface area contributed by atoms with E-state index < -0.39 is 0 Å². The summed E-state index contributed by atoms with van der Waals surface area (Å²) in [6, 6.07) is 14.5. The van der Waals surface area contributed by atoms with E-state index in [1.807, 2.05) is 29.2 Å². The zero-order chi connectivity index (χ0) is 13.9. The van der Waals surface area contributed by atoms with Gasteiger partial charge in [0.2, 0.25) is 5.91 Å². The Balaban J connectivity index is 0.00000161. The molecule has 0 bridgehead atoms. The number of rotatable bonds is 2. The summed E-state index contributed by atoms with van der Waals surface area (Å²) >= 11 is 0. The molecule has 1 atom stereocenters. The molecule has 0 aliphatic carbocycles. The molecule has 4 heteroatoms. The van der Waals surface area contributed by atoms with Crippen LogP contribution in [0.2, 0.25) is 0 Å². The number of benzene rings is 2. The number of carbonyl (C=O) groups excluding carboxylic acids is 1. The first-order chi connectivity index (χ1) is 9.74. The molecule has 2 aromatic carbocycles. The molecule has 0 aromatic heterocycles. The van der Waals surface area contributed by atoms with Gasteiger partial charge < -0.3 is 10.6 Å². The fraction of sp³-hybridized carbons (Fsp3) is 0.353.